The molecule has 0 aliphatic heterocycles. The van der Waals surface area contributed by atoms with Crippen molar-refractivity contribution >= 4 is 23.5 Å². The zero-order valence-corrected chi connectivity index (χ0v) is 11.5. The summed E-state index contributed by atoms with van der Waals surface area (Å²) in [7, 11) is 1.25. The summed E-state index contributed by atoms with van der Waals surface area (Å²) < 4.78 is 9.84. The molecule has 0 saturated heterocycles. The number of esters is 1. The van der Waals surface area contributed by atoms with Crippen molar-refractivity contribution in [2.75, 3.05) is 13.7 Å². The summed E-state index contributed by atoms with van der Waals surface area (Å²) in [5, 5.41) is 1.56. The van der Waals surface area contributed by atoms with Crippen LogP contribution in [0.2, 0.25) is 0 Å². The van der Waals surface area contributed by atoms with Crippen molar-refractivity contribution in [3.63, 3.8) is 0 Å². The van der Waals surface area contributed by atoms with Crippen molar-refractivity contribution in [1.82, 2.24) is 5.32 Å². The molecule has 5 nitrogen and oxygen atoms in total. The number of hydrogen-bond acceptors (Lipinski definition) is 4. The second kappa shape index (κ2) is 7.63. The maximum atomic E-state index is 11.7. The van der Waals surface area contributed by atoms with Gasteiger partial charge in [0.05, 0.1) is 7.11 Å². The zero-order valence-electron chi connectivity index (χ0n) is 10.8. The first-order valence-corrected chi connectivity index (χ1v) is 6.18. The Kier molecular flexibility index (Phi) is 6.15. The van der Waals surface area contributed by atoms with Gasteiger partial charge in [0.15, 0.2) is 0 Å². The summed E-state index contributed by atoms with van der Waals surface area (Å²) in [6.45, 7) is 1.54. The van der Waals surface area contributed by atoms with E-state index in [9.17, 15) is 9.59 Å². The maximum Gasteiger partial charge on any atom is 0.328 e. The Morgan fingerprint density at radius 2 is 1.95 bits per heavy atom. The molecular formula is C13H16ClNO4. The molecule has 1 aromatic rings. The van der Waals surface area contributed by atoms with Crippen LogP contribution in [0.1, 0.15) is 6.92 Å². The molecule has 0 fully saturated rings. The predicted molar refractivity (Wildman–Crippen MR) is 71.2 cm³/mol. The van der Waals surface area contributed by atoms with E-state index in [1.807, 2.05) is 18.2 Å². The van der Waals surface area contributed by atoms with E-state index < -0.39 is 23.3 Å². The number of nitrogens with one attached hydrogen (secondary N) is 1. The highest BCUT2D eigenvalue weighted by Crippen LogP contribution is 2.10. The quantitative estimate of drug-likeness (QED) is 0.633. The van der Waals surface area contributed by atoms with E-state index >= 15 is 0 Å². The Labute approximate surface area is 116 Å². The van der Waals surface area contributed by atoms with Crippen LogP contribution in [0.3, 0.4) is 0 Å². The van der Waals surface area contributed by atoms with Gasteiger partial charge in [0.25, 0.3) is 0 Å². The van der Waals surface area contributed by atoms with E-state index in [1.54, 1.807) is 12.1 Å². The van der Waals surface area contributed by atoms with Gasteiger partial charge in [-0.15, -0.1) is 11.6 Å². The fourth-order valence-electron chi connectivity index (χ4n) is 1.30. The number of halogens is 1. The minimum Gasteiger partial charge on any atom is -0.492 e. The Bertz CT molecular complexity index is 424. The topological polar surface area (TPSA) is 64.6 Å². The molecule has 0 aliphatic carbocycles. The summed E-state index contributed by atoms with van der Waals surface area (Å²) in [6, 6.07) is 8.28. The second-order valence-electron chi connectivity index (χ2n) is 3.85. The fourth-order valence-corrected chi connectivity index (χ4v) is 1.43. The van der Waals surface area contributed by atoms with Crippen molar-refractivity contribution in [2.45, 2.75) is 18.3 Å². The van der Waals surface area contributed by atoms with Crippen molar-refractivity contribution in [1.29, 1.82) is 0 Å². The van der Waals surface area contributed by atoms with Crippen LogP contribution in [0.5, 0.6) is 5.75 Å². The van der Waals surface area contributed by atoms with E-state index in [0.717, 1.165) is 0 Å². The monoisotopic (exact) mass is 285 g/mol. The minimum atomic E-state index is -0.882. The van der Waals surface area contributed by atoms with Gasteiger partial charge in [-0.05, 0) is 19.1 Å². The van der Waals surface area contributed by atoms with E-state index in [1.165, 1.54) is 14.0 Å². The molecule has 0 radical (unpaired) electrons. The third-order valence-electron chi connectivity index (χ3n) is 2.34. The van der Waals surface area contributed by atoms with Crippen LogP contribution in [0.15, 0.2) is 30.3 Å². The Balaban J connectivity index is 2.39. The van der Waals surface area contributed by atoms with Gasteiger partial charge in [0.1, 0.15) is 23.8 Å². The number of methoxy groups -OCH3 is 1. The molecule has 0 heterocycles. The van der Waals surface area contributed by atoms with E-state index in [2.05, 4.69) is 10.1 Å². The van der Waals surface area contributed by atoms with Gasteiger partial charge in [-0.2, -0.15) is 0 Å². The molecule has 1 amide bonds. The smallest absolute Gasteiger partial charge is 0.328 e. The lowest BCUT2D eigenvalue weighted by molar-refractivity contribution is -0.144. The number of benzene rings is 1. The van der Waals surface area contributed by atoms with E-state index in [4.69, 9.17) is 16.3 Å². The van der Waals surface area contributed by atoms with Crippen LogP contribution in [0.4, 0.5) is 0 Å². The largest absolute Gasteiger partial charge is 0.492 e. The number of para-hydroxylation sites is 1. The molecule has 2 atom stereocenters. The number of rotatable bonds is 6. The number of amides is 1. The van der Waals surface area contributed by atoms with Gasteiger partial charge in [0.2, 0.25) is 5.91 Å². The molecule has 0 aromatic heterocycles. The third-order valence-corrected chi connectivity index (χ3v) is 2.66. The number of hydrogen-bond donors (Lipinski definition) is 1. The molecule has 6 heteroatoms. The van der Waals surface area contributed by atoms with Crippen molar-refractivity contribution in [3.8, 4) is 5.75 Å². The molecule has 1 rings (SSSR count). The molecular weight excluding hydrogens is 270 g/mol. The summed E-state index contributed by atoms with van der Waals surface area (Å²) in [6.07, 6.45) is 0. The lowest BCUT2D eigenvalue weighted by atomic mass is 10.3. The zero-order chi connectivity index (χ0) is 14.3. The molecule has 104 valence electrons. The third kappa shape index (κ3) is 5.18. The standard InChI is InChI=1S/C13H16ClNO4/c1-9(13(17)18-2)15-12(16)11(14)8-19-10-6-4-3-5-7-10/h3-7,9,11H,8H2,1-2H3,(H,15,16)/t9-,11?/m0/s1. The highest BCUT2D eigenvalue weighted by molar-refractivity contribution is 6.31. The van der Waals surface area contributed by atoms with Crippen molar-refractivity contribution < 1.29 is 19.1 Å². The number of carbonyl (C=O) groups is 2. The first-order chi connectivity index (χ1) is 9.04. The molecule has 1 N–H and O–H groups in total. The highest BCUT2D eigenvalue weighted by Gasteiger charge is 2.21. The lowest BCUT2D eigenvalue weighted by Gasteiger charge is -2.15. The van der Waals surface area contributed by atoms with Gasteiger partial charge in [0, 0.05) is 0 Å². The van der Waals surface area contributed by atoms with Crippen molar-refractivity contribution in [3.05, 3.63) is 30.3 Å². The van der Waals surface area contributed by atoms with Crippen LogP contribution < -0.4 is 10.1 Å². The SMILES string of the molecule is COC(=O)[C@H](C)NC(=O)C(Cl)COc1ccccc1. The van der Waals surface area contributed by atoms with Crippen LogP contribution in [0, 0.1) is 0 Å². The number of alkyl halides is 1. The first kappa shape index (κ1) is 15.3. The van der Waals surface area contributed by atoms with Gasteiger partial charge in [-0.1, -0.05) is 18.2 Å². The van der Waals surface area contributed by atoms with Gasteiger partial charge < -0.3 is 14.8 Å². The van der Waals surface area contributed by atoms with E-state index in [0.29, 0.717) is 5.75 Å². The van der Waals surface area contributed by atoms with Gasteiger partial charge in [-0.25, -0.2) is 4.79 Å². The summed E-state index contributed by atoms with van der Waals surface area (Å²) in [4.78, 5) is 22.8. The molecule has 1 aromatic carbocycles. The second-order valence-corrected chi connectivity index (χ2v) is 4.37. The molecule has 1 unspecified atom stereocenters. The maximum absolute atomic E-state index is 11.7. The van der Waals surface area contributed by atoms with Gasteiger partial charge >= 0.3 is 5.97 Å². The van der Waals surface area contributed by atoms with Crippen LogP contribution in [-0.2, 0) is 14.3 Å². The Morgan fingerprint density at radius 3 is 2.53 bits per heavy atom. The normalized spacial score (nSPS) is 13.2. The molecule has 0 aliphatic rings. The van der Waals surface area contributed by atoms with Gasteiger partial charge in [-0.3, -0.25) is 4.79 Å². The Morgan fingerprint density at radius 1 is 1.32 bits per heavy atom. The first-order valence-electron chi connectivity index (χ1n) is 5.74. The highest BCUT2D eigenvalue weighted by atomic mass is 35.5. The average molecular weight is 286 g/mol. The molecule has 0 spiro atoms. The molecule has 0 saturated carbocycles. The summed E-state index contributed by atoms with van der Waals surface area (Å²) in [5.41, 5.74) is 0. The summed E-state index contributed by atoms with van der Waals surface area (Å²) in [5.74, 6) is -0.376. The summed E-state index contributed by atoms with van der Waals surface area (Å²) >= 11 is 5.88. The molecule has 19 heavy (non-hydrogen) atoms. The van der Waals surface area contributed by atoms with Crippen LogP contribution >= 0.6 is 11.6 Å². The minimum absolute atomic E-state index is 0.0191. The molecule has 0 bridgehead atoms. The number of ether oxygens (including phenoxy) is 2. The van der Waals surface area contributed by atoms with E-state index in [-0.39, 0.29) is 6.61 Å². The Hall–Kier alpha value is -1.75. The average Bonchev–Trinajstić information content (AvgIpc) is 2.44. The lowest BCUT2D eigenvalue weighted by Crippen LogP contribution is -2.44. The number of carbonyl (C=O) groups excluding carboxylic acids is 2. The van der Waals surface area contributed by atoms with Crippen LogP contribution in [0.25, 0.3) is 0 Å². The van der Waals surface area contributed by atoms with Crippen LogP contribution in [-0.4, -0.2) is 37.0 Å². The fraction of sp³-hybridized carbons (Fsp3) is 0.385. The predicted octanol–water partition coefficient (Wildman–Crippen LogP) is 1.35. The van der Waals surface area contributed by atoms with Crippen molar-refractivity contribution in [2.24, 2.45) is 0 Å².